The highest BCUT2D eigenvalue weighted by molar-refractivity contribution is 5.77. The first-order valence-electron chi connectivity index (χ1n) is 7.82. The van der Waals surface area contributed by atoms with Crippen LogP contribution in [0.15, 0.2) is 54.6 Å². The molecule has 0 spiro atoms. The van der Waals surface area contributed by atoms with Crippen molar-refractivity contribution >= 4 is 5.91 Å². The van der Waals surface area contributed by atoms with Gasteiger partial charge in [0.1, 0.15) is 11.6 Å². The van der Waals surface area contributed by atoms with Crippen molar-refractivity contribution in [2.24, 2.45) is 0 Å². The van der Waals surface area contributed by atoms with E-state index in [2.05, 4.69) is 0 Å². The number of hydrogen-bond donors (Lipinski definition) is 0. The molecule has 5 nitrogen and oxygen atoms in total. The molecule has 0 aromatic heterocycles. The summed E-state index contributed by atoms with van der Waals surface area (Å²) in [4.78, 5) is 23.7. The van der Waals surface area contributed by atoms with E-state index in [1.165, 1.54) is 0 Å². The van der Waals surface area contributed by atoms with E-state index < -0.39 is 17.7 Å². The molecule has 0 bridgehead atoms. The van der Waals surface area contributed by atoms with Gasteiger partial charge in [-0.2, -0.15) is 0 Å². The van der Waals surface area contributed by atoms with Crippen LogP contribution in [-0.4, -0.2) is 28.3 Å². The second-order valence-electron chi connectivity index (χ2n) is 5.67. The van der Waals surface area contributed by atoms with Gasteiger partial charge in [0.15, 0.2) is 0 Å². The lowest BCUT2D eigenvalue weighted by molar-refractivity contribution is -0.524. The van der Waals surface area contributed by atoms with E-state index in [0.717, 1.165) is 29.8 Å². The van der Waals surface area contributed by atoms with E-state index in [9.17, 15) is 23.7 Å². The Balaban J connectivity index is 0.000000236. The molecule has 0 saturated carbocycles. The van der Waals surface area contributed by atoms with Gasteiger partial charge >= 0.3 is 0 Å². The van der Waals surface area contributed by atoms with Crippen molar-refractivity contribution in [1.82, 2.24) is 4.90 Å². The van der Waals surface area contributed by atoms with Crippen molar-refractivity contribution in [3.05, 3.63) is 81.9 Å². The van der Waals surface area contributed by atoms with E-state index in [1.807, 2.05) is 30.3 Å². The third kappa shape index (κ3) is 5.95. The highest BCUT2D eigenvalue weighted by Gasteiger charge is 2.32. The maximum atomic E-state index is 11.9. The summed E-state index contributed by atoms with van der Waals surface area (Å²) in [6.07, 6.45) is 0.635. The number of hydrogen-bond acceptors (Lipinski definition) is 3. The van der Waals surface area contributed by atoms with Crippen LogP contribution in [-0.2, 0) is 11.3 Å². The van der Waals surface area contributed by atoms with Gasteiger partial charge in [-0.25, -0.2) is 8.78 Å². The number of nitrogens with zero attached hydrogens (tertiary/aromatic N) is 2. The number of amides is 1. The molecular formula is C18H18F2N2O3. The van der Waals surface area contributed by atoms with E-state index in [-0.39, 0.29) is 23.8 Å². The fourth-order valence-electron chi connectivity index (χ4n) is 2.45. The number of piperidine rings is 1. The van der Waals surface area contributed by atoms with Gasteiger partial charge < -0.3 is 4.90 Å². The summed E-state index contributed by atoms with van der Waals surface area (Å²) in [6, 6.07) is 13.2. The molecule has 7 heteroatoms. The average molecular weight is 348 g/mol. The standard InChI is InChI=1S/C12H14N2O3.C6H4F2/c15-12-7-6-11(14(16)17)9-13(12)8-10-4-2-1-3-5-10;7-5-1-2-6(8)4-3-5/h1-5,11H,6-9H2;1-4H/t11-;/m0./s1. The lowest BCUT2D eigenvalue weighted by Gasteiger charge is -2.28. The molecule has 132 valence electrons. The number of nitro groups is 1. The van der Waals surface area contributed by atoms with Crippen LogP contribution in [0.4, 0.5) is 8.78 Å². The van der Waals surface area contributed by atoms with Gasteiger partial charge in [0, 0.05) is 24.3 Å². The Morgan fingerprint density at radius 3 is 2.12 bits per heavy atom. The summed E-state index contributed by atoms with van der Waals surface area (Å²) in [5.74, 6) is -0.815. The second kappa shape index (κ2) is 8.86. The van der Waals surface area contributed by atoms with Crippen LogP contribution >= 0.6 is 0 Å². The van der Waals surface area contributed by atoms with Crippen molar-refractivity contribution in [3.63, 3.8) is 0 Å². The normalized spacial score (nSPS) is 16.8. The summed E-state index contributed by atoms with van der Waals surface area (Å²) < 4.78 is 23.8. The second-order valence-corrected chi connectivity index (χ2v) is 5.67. The zero-order valence-electron chi connectivity index (χ0n) is 13.5. The maximum Gasteiger partial charge on any atom is 0.230 e. The Morgan fingerprint density at radius 2 is 1.60 bits per heavy atom. The minimum absolute atomic E-state index is 0.00644. The summed E-state index contributed by atoms with van der Waals surface area (Å²) in [5, 5.41) is 10.7. The van der Waals surface area contributed by atoms with Gasteiger partial charge in [-0.05, 0) is 29.8 Å². The quantitative estimate of drug-likeness (QED) is 0.631. The minimum Gasteiger partial charge on any atom is -0.331 e. The summed E-state index contributed by atoms with van der Waals surface area (Å²) >= 11 is 0. The number of halogens is 2. The molecule has 1 aliphatic heterocycles. The van der Waals surface area contributed by atoms with Crippen LogP contribution < -0.4 is 0 Å². The molecule has 0 unspecified atom stereocenters. The first-order valence-corrected chi connectivity index (χ1v) is 7.82. The van der Waals surface area contributed by atoms with Crippen molar-refractivity contribution in [2.45, 2.75) is 25.4 Å². The van der Waals surface area contributed by atoms with Crippen molar-refractivity contribution in [3.8, 4) is 0 Å². The number of rotatable bonds is 3. The molecule has 1 atom stereocenters. The fourth-order valence-corrected chi connectivity index (χ4v) is 2.45. The molecule has 2 aromatic carbocycles. The summed E-state index contributed by atoms with van der Waals surface area (Å²) in [6.45, 7) is 0.685. The van der Waals surface area contributed by atoms with Crippen LogP contribution in [0, 0.1) is 21.7 Å². The van der Waals surface area contributed by atoms with Crippen LogP contribution in [0.25, 0.3) is 0 Å². The van der Waals surface area contributed by atoms with Crippen molar-refractivity contribution in [2.75, 3.05) is 6.54 Å². The highest BCUT2D eigenvalue weighted by Crippen LogP contribution is 2.16. The predicted molar refractivity (Wildman–Crippen MR) is 88.2 cm³/mol. The van der Waals surface area contributed by atoms with Crippen LogP contribution in [0.3, 0.4) is 0 Å². The summed E-state index contributed by atoms with van der Waals surface area (Å²) in [5.41, 5.74) is 1.00. The minimum atomic E-state index is -0.614. The van der Waals surface area contributed by atoms with Gasteiger partial charge in [-0.3, -0.25) is 14.9 Å². The zero-order chi connectivity index (χ0) is 18.2. The van der Waals surface area contributed by atoms with Crippen molar-refractivity contribution < 1.29 is 18.5 Å². The molecule has 1 aliphatic rings. The Bertz CT molecular complexity index is 687. The highest BCUT2D eigenvalue weighted by atomic mass is 19.1. The van der Waals surface area contributed by atoms with E-state index in [0.29, 0.717) is 13.0 Å². The van der Waals surface area contributed by atoms with E-state index in [4.69, 9.17) is 0 Å². The van der Waals surface area contributed by atoms with Crippen molar-refractivity contribution in [1.29, 1.82) is 0 Å². The van der Waals surface area contributed by atoms with E-state index in [1.54, 1.807) is 4.90 Å². The van der Waals surface area contributed by atoms with Gasteiger partial charge in [0.2, 0.25) is 11.9 Å². The van der Waals surface area contributed by atoms with Gasteiger partial charge in [-0.1, -0.05) is 30.3 Å². The first-order chi connectivity index (χ1) is 12.0. The molecule has 0 radical (unpaired) electrons. The topological polar surface area (TPSA) is 63.4 Å². The molecule has 1 amide bonds. The third-order valence-electron chi connectivity index (χ3n) is 3.79. The Labute approximate surface area is 144 Å². The van der Waals surface area contributed by atoms with Gasteiger partial charge in [0.25, 0.3) is 0 Å². The van der Waals surface area contributed by atoms with Crippen LogP contribution in [0.2, 0.25) is 0 Å². The van der Waals surface area contributed by atoms with Gasteiger partial charge in [-0.15, -0.1) is 0 Å². The average Bonchev–Trinajstić information content (AvgIpc) is 2.61. The molecular weight excluding hydrogens is 330 g/mol. The predicted octanol–water partition coefficient (Wildman–Crippen LogP) is 3.42. The smallest absolute Gasteiger partial charge is 0.230 e. The third-order valence-corrected chi connectivity index (χ3v) is 3.79. The largest absolute Gasteiger partial charge is 0.331 e. The zero-order valence-corrected chi connectivity index (χ0v) is 13.5. The maximum absolute atomic E-state index is 11.9. The molecule has 3 rings (SSSR count). The Kier molecular flexibility index (Phi) is 6.56. The lowest BCUT2D eigenvalue weighted by atomic mass is 10.0. The SMILES string of the molecule is Fc1ccc(F)cc1.O=C1CC[C@H]([N+](=O)[O-])CN1Cc1ccccc1. The molecule has 1 saturated heterocycles. The molecule has 0 N–H and O–H groups in total. The molecule has 1 fully saturated rings. The van der Waals surface area contributed by atoms with Gasteiger partial charge in [0.05, 0.1) is 6.54 Å². The van der Waals surface area contributed by atoms with Crippen LogP contribution in [0.1, 0.15) is 18.4 Å². The first kappa shape index (κ1) is 18.5. The molecule has 2 aromatic rings. The van der Waals surface area contributed by atoms with E-state index >= 15 is 0 Å². The Morgan fingerprint density at radius 1 is 1.04 bits per heavy atom. The number of carbonyl (C=O) groups is 1. The summed E-state index contributed by atoms with van der Waals surface area (Å²) in [7, 11) is 0. The Hall–Kier alpha value is -2.83. The monoisotopic (exact) mass is 348 g/mol. The lowest BCUT2D eigenvalue weighted by Crippen LogP contribution is -2.44. The van der Waals surface area contributed by atoms with Crippen LogP contribution in [0.5, 0.6) is 0 Å². The molecule has 1 heterocycles. The molecule has 25 heavy (non-hydrogen) atoms. The number of benzene rings is 2. The fraction of sp³-hybridized carbons (Fsp3) is 0.278. The number of carbonyl (C=O) groups excluding carboxylic acids is 1. The number of likely N-dealkylation sites (tertiary alicyclic amines) is 1. The molecule has 0 aliphatic carbocycles.